The first kappa shape index (κ1) is 18.9. The highest BCUT2D eigenvalue weighted by Crippen LogP contribution is 2.32. The van der Waals surface area contributed by atoms with Gasteiger partial charge in [0.1, 0.15) is 19.0 Å². The fraction of sp³-hybridized carbons (Fsp3) is 0.130. The summed E-state index contributed by atoms with van der Waals surface area (Å²) in [7, 11) is 0. The minimum absolute atomic E-state index is 0.294. The predicted molar refractivity (Wildman–Crippen MR) is 113 cm³/mol. The van der Waals surface area contributed by atoms with E-state index in [1.54, 1.807) is 53.1 Å². The zero-order valence-electron chi connectivity index (χ0n) is 16.4. The highest BCUT2D eigenvalue weighted by molar-refractivity contribution is 6.06. The lowest BCUT2D eigenvalue weighted by molar-refractivity contribution is 0.102. The van der Waals surface area contributed by atoms with Gasteiger partial charge in [0.2, 0.25) is 0 Å². The number of fused-ring (bicyclic) bond motifs is 2. The molecule has 8 heteroatoms. The minimum atomic E-state index is -0.330. The highest BCUT2D eigenvalue weighted by Gasteiger charge is 2.15. The van der Waals surface area contributed by atoms with Gasteiger partial charge in [-0.3, -0.25) is 9.36 Å². The van der Waals surface area contributed by atoms with Crippen molar-refractivity contribution in [3.63, 3.8) is 0 Å². The molecule has 1 aliphatic heterocycles. The first-order valence-corrected chi connectivity index (χ1v) is 9.75. The molecule has 0 bridgehead atoms. The lowest BCUT2D eigenvalue weighted by Gasteiger charge is -2.19. The van der Waals surface area contributed by atoms with Crippen LogP contribution in [0.1, 0.15) is 15.9 Å². The molecule has 0 fully saturated rings. The van der Waals surface area contributed by atoms with E-state index in [1.807, 2.05) is 0 Å². The second kappa shape index (κ2) is 7.64. The third-order valence-corrected chi connectivity index (χ3v) is 5.09. The van der Waals surface area contributed by atoms with Gasteiger partial charge in [-0.25, -0.2) is 9.18 Å². The number of carbonyl (C=O) groups is 1. The molecule has 0 spiro atoms. The van der Waals surface area contributed by atoms with E-state index in [2.05, 4.69) is 10.3 Å². The van der Waals surface area contributed by atoms with E-state index < -0.39 is 0 Å². The average molecular weight is 419 g/mol. The number of aromatic amines is 1. The monoisotopic (exact) mass is 419 g/mol. The summed E-state index contributed by atoms with van der Waals surface area (Å²) < 4.78 is 25.7. The van der Waals surface area contributed by atoms with E-state index >= 15 is 0 Å². The third kappa shape index (κ3) is 3.75. The molecule has 3 aromatic carbocycles. The van der Waals surface area contributed by atoms with Crippen molar-refractivity contribution in [2.24, 2.45) is 0 Å². The zero-order chi connectivity index (χ0) is 21.4. The molecule has 156 valence electrons. The van der Waals surface area contributed by atoms with Gasteiger partial charge in [0.25, 0.3) is 5.91 Å². The summed E-state index contributed by atoms with van der Waals surface area (Å²) in [5, 5.41) is 2.83. The number of hydrogen-bond donors (Lipinski definition) is 2. The molecular formula is C23H18FN3O4. The zero-order valence-corrected chi connectivity index (χ0v) is 16.4. The Morgan fingerprint density at radius 2 is 1.77 bits per heavy atom. The molecule has 2 N–H and O–H groups in total. The van der Waals surface area contributed by atoms with Crippen LogP contribution in [-0.4, -0.2) is 28.7 Å². The van der Waals surface area contributed by atoms with Gasteiger partial charge in [0.05, 0.1) is 17.6 Å². The fourth-order valence-electron chi connectivity index (χ4n) is 3.56. The van der Waals surface area contributed by atoms with Crippen molar-refractivity contribution in [3.8, 4) is 11.5 Å². The van der Waals surface area contributed by atoms with E-state index in [0.29, 0.717) is 53.5 Å². The number of anilines is 1. The number of nitrogens with one attached hydrogen (secondary N) is 2. The second-order valence-electron chi connectivity index (χ2n) is 7.19. The summed E-state index contributed by atoms with van der Waals surface area (Å²) in [6.45, 7) is 1.25. The Hall–Kier alpha value is -4.07. The molecule has 0 atom stereocenters. The Morgan fingerprint density at radius 3 is 2.58 bits per heavy atom. The third-order valence-electron chi connectivity index (χ3n) is 5.09. The van der Waals surface area contributed by atoms with Crippen LogP contribution in [0, 0.1) is 5.82 Å². The number of aromatic nitrogens is 2. The number of carbonyl (C=O) groups excluding carboxylic acids is 1. The van der Waals surface area contributed by atoms with Crippen LogP contribution in [0.5, 0.6) is 11.5 Å². The molecule has 0 radical (unpaired) electrons. The molecule has 0 saturated carbocycles. The fourth-order valence-corrected chi connectivity index (χ4v) is 3.56. The lowest BCUT2D eigenvalue weighted by atomic mass is 10.1. The minimum Gasteiger partial charge on any atom is -0.486 e. The molecule has 1 aromatic heterocycles. The van der Waals surface area contributed by atoms with Crippen LogP contribution < -0.4 is 20.5 Å². The van der Waals surface area contributed by atoms with Crippen molar-refractivity contribution in [2.45, 2.75) is 6.54 Å². The van der Waals surface area contributed by atoms with Crippen LogP contribution in [0.25, 0.3) is 11.0 Å². The maximum Gasteiger partial charge on any atom is 0.326 e. The molecule has 0 saturated heterocycles. The SMILES string of the molecule is O=C(Nc1ccc2c(c1)OCCO2)c1ccc2c(c1)[nH]c(=O)n2Cc1ccc(F)cc1. The summed E-state index contributed by atoms with van der Waals surface area (Å²) in [4.78, 5) is 27.9. The normalized spacial score (nSPS) is 12.7. The van der Waals surface area contributed by atoms with Crippen LogP contribution in [0.2, 0.25) is 0 Å². The van der Waals surface area contributed by atoms with E-state index in [9.17, 15) is 14.0 Å². The number of H-pyrrole nitrogens is 1. The first-order chi connectivity index (χ1) is 15.1. The summed E-state index contributed by atoms with van der Waals surface area (Å²) in [5.74, 6) is 0.585. The van der Waals surface area contributed by atoms with Crippen molar-refractivity contribution < 1.29 is 18.7 Å². The molecule has 1 amide bonds. The van der Waals surface area contributed by atoms with Crippen LogP contribution in [0.4, 0.5) is 10.1 Å². The topological polar surface area (TPSA) is 85.3 Å². The summed E-state index contributed by atoms with van der Waals surface area (Å²) >= 11 is 0. The maximum absolute atomic E-state index is 13.1. The predicted octanol–water partition coefficient (Wildman–Crippen LogP) is 3.54. The van der Waals surface area contributed by atoms with E-state index in [-0.39, 0.29) is 17.4 Å². The van der Waals surface area contributed by atoms with Gasteiger partial charge in [-0.15, -0.1) is 0 Å². The van der Waals surface area contributed by atoms with Crippen molar-refractivity contribution in [1.29, 1.82) is 0 Å². The quantitative estimate of drug-likeness (QED) is 0.530. The number of rotatable bonds is 4. The van der Waals surface area contributed by atoms with Gasteiger partial charge < -0.3 is 19.8 Å². The molecular weight excluding hydrogens is 401 g/mol. The highest BCUT2D eigenvalue weighted by atomic mass is 19.1. The van der Waals surface area contributed by atoms with Crippen LogP contribution in [0.15, 0.2) is 65.5 Å². The molecule has 0 unspecified atom stereocenters. The molecule has 1 aliphatic rings. The lowest BCUT2D eigenvalue weighted by Crippen LogP contribution is -2.17. The van der Waals surface area contributed by atoms with Crippen molar-refractivity contribution in [1.82, 2.24) is 9.55 Å². The summed E-state index contributed by atoms with van der Waals surface area (Å²) in [5.41, 5.74) is 2.68. The average Bonchev–Trinajstić information content (AvgIpc) is 3.09. The summed E-state index contributed by atoms with van der Waals surface area (Å²) in [6, 6.07) is 16.2. The van der Waals surface area contributed by atoms with Crippen molar-refractivity contribution in [3.05, 3.63) is 88.1 Å². The van der Waals surface area contributed by atoms with Crippen molar-refractivity contribution >= 4 is 22.6 Å². The molecule has 2 heterocycles. The van der Waals surface area contributed by atoms with E-state index in [0.717, 1.165) is 5.56 Å². The number of imidazole rings is 1. The number of benzene rings is 3. The molecule has 4 aromatic rings. The van der Waals surface area contributed by atoms with E-state index in [1.165, 1.54) is 12.1 Å². The van der Waals surface area contributed by atoms with Gasteiger partial charge in [0, 0.05) is 17.3 Å². The van der Waals surface area contributed by atoms with E-state index in [4.69, 9.17) is 9.47 Å². The molecule has 5 rings (SSSR count). The second-order valence-corrected chi connectivity index (χ2v) is 7.19. The molecule has 7 nitrogen and oxygen atoms in total. The van der Waals surface area contributed by atoms with Crippen LogP contribution in [0.3, 0.4) is 0 Å². The van der Waals surface area contributed by atoms with Gasteiger partial charge >= 0.3 is 5.69 Å². The standard InChI is InChI=1S/C23H18FN3O4/c24-16-4-1-14(2-5-16)13-27-19-7-3-15(11-18(19)26-23(27)29)22(28)25-17-6-8-20-21(12-17)31-10-9-30-20/h1-8,11-12H,9-10,13H2,(H,25,28)(H,26,29). The molecule has 31 heavy (non-hydrogen) atoms. The first-order valence-electron chi connectivity index (χ1n) is 9.75. The van der Waals surface area contributed by atoms with Gasteiger partial charge in [-0.1, -0.05) is 12.1 Å². The van der Waals surface area contributed by atoms with Gasteiger partial charge in [-0.05, 0) is 48.0 Å². The summed E-state index contributed by atoms with van der Waals surface area (Å²) in [6.07, 6.45) is 0. The Labute approximate surface area is 176 Å². The van der Waals surface area contributed by atoms with Crippen LogP contribution >= 0.6 is 0 Å². The Kier molecular flexibility index (Phi) is 4.66. The number of ether oxygens (including phenoxy) is 2. The number of hydrogen-bond acceptors (Lipinski definition) is 4. The molecule has 0 aliphatic carbocycles. The van der Waals surface area contributed by atoms with Gasteiger partial charge in [-0.2, -0.15) is 0 Å². The smallest absolute Gasteiger partial charge is 0.326 e. The number of halogens is 1. The Bertz CT molecular complexity index is 1340. The largest absolute Gasteiger partial charge is 0.486 e. The number of nitrogens with zero attached hydrogens (tertiary/aromatic N) is 1. The van der Waals surface area contributed by atoms with Crippen molar-refractivity contribution in [2.75, 3.05) is 18.5 Å². The van der Waals surface area contributed by atoms with Crippen LogP contribution in [-0.2, 0) is 6.54 Å². The number of amides is 1. The maximum atomic E-state index is 13.1. The Balaban J connectivity index is 1.39. The Morgan fingerprint density at radius 1 is 1.00 bits per heavy atom. The van der Waals surface area contributed by atoms with Gasteiger partial charge in [0.15, 0.2) is 11.5 Å².